The van der Waals surface area contributed by atoms with E-state index >= 15 is 0 Å². The van der Waals surface area contributed by atoms with Gasteiger partial charge in [-0.3, -0.25) is 4.79 Å². The van der Waals surface area contributed by atoms with Crippen LogP contribution < -0.4 is 5.32 Å². The second-order valence-electron chi connectivity index (χ2n) is 7.30. The Morgan fingerprint density at radius 2 is 2.07 bits per heavy atom. The largest absolute Gasteiger partial charge is 0.370 e. The number of nitrogens with zero attached hydrogens (tertiary/aromatic N) is 3. The molecule has 3 heterocycles. The van der Waals surface area contributed by atoms with Crippen LogP contribution in [0.15, 0.2) is 42.9 Å². The number of carbonyl (C=O) groups is 1. The molecule has 0 unspecified atom stereocenters. The Kier molecular flexibility index (Phi) is 5.05. The third-order valence-corrected chi connectivity index (χ3v) is 5.33. The Bertz CT molecular complexity index is 927. The molecule has 1 amide bonds. The molecule has 0 bridgehead atoms. The van der Waals surface area contributed by atoms with Crippen LogP contribution in [0.5, 0.6) is 0 Å². The summed E-state index contributed by atoms with van der Waals surface area (Å²) < 4.78 is 0. The van der Waals surface area contributed by atoms with Crippen LogP contribution in [-0.4, -0.2) is 45.4 Å². The van der Waals surface area contributed by atoms with Crippen molar-refractivity contribution < 1.29 is 4.79 Å². The number of piperidine rings is 1. The van der Waals surface area contributed by atoms with Crippen molar-refractivity contribution in [1.29, 1.82) is 0 Å². The number of hydrogen-bond donors (Lipinski definition) is 2. The minimum absolute atomic E-state index is 0.00368. The molecule has 27 heavy (non-hydrogen) atoms. The quantitative estimate of drug-likeness (QED) is 0.728. The number of nitrogens with one attached hydrogen (secondary N) is 2. The van der Waals surface area contributed by atoms with Crippen LogP contribution >= 0.6 is 0 Å². The molecule has 1 aliphatic rings. The van der Waals surface area contributed by atoms with Gasteiger partial charge in [0.2, 0.25) is 0 Å². The van der Waals surface area contributed by atoms with E-state index < -0.39 is 0 Å². The van der Waals surface area contributed by atoms with Crippen LogP contribution in [0.1, 0.15) is 35.8 Å². The molecule has 6 heteroatoms. The molecular weight excluding hydrogens is 338 g/mol. The lowest BCUT2D eigenvalue weighted by atomic mass is 9.99. The van der Waals surface area contributed by atoms with E-state index in [0.29, 0.717) is 17.4 Å². The normalized spacial score (nSPS) is 15.2. The highest BCUT2D eigenvalue weighted by molar-refractivity contribution is 5.93. The summed E-state index contributed by atoms with van der Waals surface area (Å²) in [5, 5.41) is 4.56. The smallest absolute Gasteiger partial charge is 0.272 e. The van der Waals surface area contributed by atoms with E-state index in [1.165, 1.54) is 17.3 Å². The van der Waals surface area contributed by atoms with E-state index in [2.05, 4.69) is 51.6 Å². The predicted octanol–water partition coefficient (Wildman–Crippen LogP) is 3.48. The van der Waals surface area contributed by atoms with Crippen molar-refractivity contribution in [2.24, 2.45) is 5.92 Å². The number of aromatic nitrogens is 3. The van der Waals surface area contributed by atoms with Crippen LogP contribution in [0, 0.1) is 5.92 Å². The van der Waals surface area contributed by atoms with Gasteiger partial charge in [0.05, 0.1) is 0 Å². The molecule has 3 aromatic rings. The molecular formula is C21H25N5O. The summed E-state index contributed by atoms with van der Waals surface area (Å²) in [6, 6.07) is 10.0. The maximum Gasteiger partial charge on any atom is 0.272 e. The Labute approximate surface area is 159 Å². The van der Waals surface area contributed by atoms with Crippen molar-refractivity contribution in [1.82, 2.24) is 19.9 Å². The third-order valence-electron chi connectivity index (χ3n) is 5.33. The fourth-order valence-electron chi connectivity index (χ4n) is 3.61. The van der Waals surface area contributed by atoms with E-state index in [1.807, 2.05) is 11.0 Å². The first kappa shape index (κ1) is 17.5. The molecule has 0 atom stereocenters. The Morgan fingerprint density at radius 1 is 1.26 bits per heavy atom. The summed E-state index contributed by atoms with van der Waals surface area (Å²) in [4.78, 5) is 26.3. The van der Waals surface area contributed by atoms with Gasteiger partial charge in [0.15, 0.2) is 0 Å². The second-order valence-corrected chi connectivity index (χ2v) is 7.30. The lowest BCUT2D eigenvalue weighted by Gasteiger charge is -2.30. The molecule has 1 fully saturated rings. The van der Waals surface area contributed by atoms with E-state index in [4.69, 9.17) is 0 Å². The summed E-state index contributed by atoms with van der Waals surface area (Å²) in [5.74, 6) is 1.39. The van der Waals surface area contributed by atoms with E-state index in [-0.39, 0.29) is 5.91 Å². The standard InChI is InChI=1S/C21H25N5O/c1-15-7-10-26(11-8-15)21(27)19-12-20(25-14-24-19)22-9-6-16-13-23-18-5-3-2-4-17(16)18/h2-5,12-15,23H,6-11H2,1H3,(H,22,24,25). The molecule has 2 aromatic heterocycles. The SMILES string of the molecule is CC1CCN(C(=O)c2cc(NCCc3c[nH]c4ccccc34)ncn2)CC1. The molecule has 0 aliphatic carbocycles. The number of likely N-dealkylation sites (tertiary alicyclic amines) is 1. The van der Waals surface area contributed by atoms with Crippen molar-refractivity contribution >= 4 is 22.6 Å². The molecule has 6 nitrogen and oxygen atoms in total. The highest BCUT2D eigenvalue weighted by Gasteiger charge is 2.22. The molecule has 4 rings (SSSR count). The van der Waals surface area contributed by atoms with Crippen molar-refractivity contribution in [3.63, 3.8) is 0 Å². The van der Waals surface area contributed by atoms with Gasteiger partial charge in [0.25, 0.3) is 5.91 Å². The Hall–Kier alpha value is -2.89. The van der Waals surface area contributed by atoms with Crippen molar-refractivity contribution in [2.75, 3.05) is 25.0 Å². The maximum atomic E-state index is 12.7. The number of para-hydroxylation sites is 1. The molecule has 0 spiro atoms. The number of benzene rings is 1. The topological polar surface area (TPSA) is 73.9 Å². The number of amides is 1. The van der Waals surface area contributed by atoms with Crippen LogP contribution in [0.3, 0.4) is 0 Å². The van der Waals surface area contributed by atoms with Crippen molar-refractivity contribution in [2.45, 2.75) is 26.2 Å². The zero-order valence-corrected chi connectivity index (χ0v) is 15.6. The summed E-state index contributed by atoms with van der Waals surface area (Å²) in [7, 11) is 0. The number of rotatable bonds is 5. The first-order valence-electron chi connectivity index (χ1n) is 9.61. The van der Waals surface area contributed by atoms with Gasteiger partial charge in [-0.25, -0.2) is 9.97 Å². The van der Waals surface area contributed by atoms with Crippen molar-refractivity contribution in [3.8, 4) is 0 Å². The number of carbonyl (C=O) groups excluding carboxylic acids is 1. The van der Waals surface area contributed by atoms with Gasteiger partial charge in [0, 0.05) is 42.8 Å². The first-order chi connectivity index (χ1) is 13.2. The molecule has 0 radical (unpaired) electrons. The average Bonchev–Trinajstić information content (AvgIpc) is 3.12. The van der Waals surface area contributed by atoms with Gasteiger partial charge >= 0.3 is 0 Å². The van der Waals surface area contributed by atoms with Crippen LogP contribution in [0.25, 0.3) is 10.9 Å². The van der Waals surface area contributed by atoms with E-state index in [0.717, 1.165) is 44.4 Å². The van der Waals surface area contributed by atoms with Crippen LogP contribution in [0.2, 0.25) is 0 Å². The van der Waals surface area contributed by atoms with Crippen LogP contribution in [0.4, 0.5) is 5.82 Å². The molecule has 1 aliphatic heterocycles. The average molecular weight is 363 g/mol. The van der Waals surface area contributed by atoms with Gasteiger partial charge in [-0.15, -0.1) is 0 Å². The summed E-state index contributed by atoms with van der Waals surface area (Å²) in [6.45, 7) is 4.61. The minimum Gasteiger partial charge on any atom is -0.370 e. The maximum absolute atomic E-state index is 12.7. The number of hydrogen-bond acceptors (Lipinski definition) is 4. The zero-order valence-electron chi connectivity index (χ0n) is 15.6. The predicted molar refractivity (Wildman–Crippen MR) is 107 cm³/mol. The van der Waals surface area contributed by atoms with Crippen molar-refractivity contribution in [3.05, 3.63) is 54.1 Å². The van der Waals surface area contributed by atoms with E-state index in [1.54, 1.807) is 6.07 Å². The third kappa shape index (κ3) is 3.94. The number of H-pyrrole nitrogens is 1. The van der Waals surface area contributed by atoms with Gasteiger partial charge < -0.3 is 15.2 Å². The van der Waals surface area contributed by atoms with Gasteiger partial charge in [-0.2, -0.15) is 0 Å². The molecule has 1 aromatic carbocycles. The molecule has 1 saturated heterocycles. The highest BCUT2D eigenvalue weighted by Crippen LogP contribution is 2.19. The molecule has 0 saturated carbocycles. The monoisotopic (exact) mass is 363 g/mol. The summed E-state index contributed by atoms with van der Waals surface area (Å²) in [6.07, 6.45) is 6.52. The minimum atomic E-state index is 0.00368. The fourth-order valence-corrected chi connectivity index (χ4v) is 3.61. The zero-order chi connectivity index (χ0) is 18.6. The fraction of sp³-hybridized carbons (Fsp3) is 0.381. The molecule has 2 N–H and O–H groups in total. The van der Waals surface area contributed by atoms with Gasteiger partial charge in [-0.1, -0.05) is 25.1 Å². The van der Waals surface area contributed by atoms with Gasteiger partial charge in [0.1, 0.15) is 17.8 Å². The lowest BCUT2D eigenvalue weighted by Crippen LogP contribution is -2.38. The number of anilines is 1. The Morgan fingerprint density at radius 3 is 2.93 bits per heavy atom. The van der Waals surface area contributed by atoms with E-state index in [9.17, 15) is 4.79 Å². The number of fused-ring (bicyclic) bond motifs is 1. The van der Waals surface area contributed by atoms with Crippen LogP contribution in [-0.2, 0) is 6.42 Å². The summed E-state index contributed by atoms with van der Waals surface area (Å²) in [5.41, 5.74) is 2.89. The lowest BCUT2D eigenvalue weighted by molar-refractivity contribution is 0.0691. The van der Waals surface area contributed by atoms with Gasteiger partial charge in [-0.05, 0) is 36.8 Å². The highest BCUT2D eigenvalue weighted by atomic mass is 16.2. The Balaban J connectivity index is 1.37. The number of aromatic amines is 1. The second kappa shape index (κ2) is 7.78. The molecule has 140 valence electrons. The summed E-state index contributed by atoms with van der Waals surface area (Å²) >= 11 is 0. The first-order valence-corrected chi connectivity index (χ1v) is 9.61.